The van der Waals surface area contributed by atoms with Gasteiger partial charge in [-0.05, 0) is 68.7 Å². The molecule has 0 radical (unpaired) electrons. The number of likely N-dealkylation sites (tertiary alicyclic amines) is 2. The maximum atomic E-state index is 14.0. The van der Waals surface area contributed by atoms with Crippen molar-refractivity contribution < 1.29 is 33.4 Å². The molecule has 41 heavy (non-hydrogen) atoms. The summed E-state index contributed by atoms with van der Waals surface area (Å²) in [5, 5.41) is 0. The number of nitrogens with one attached hydrogen (secondary N) is 2. The Morgan fingerprint density at radius 1 is 0.854 bits per heavy atom. The van der Waals surface area contributed by atoms with Gasteiger partial charge in [-0.3, -0.25) is 19.3 Å². The molecule has 2 saturated carbocycles. The monoisotopic (exact) mass is 556 g/mol. The van der Waals surface area contributed by atoms with E-state index >= 15 is 0 Å². The molecule has 4 aliphatic carbocycles. The van der Waals surface area contributed by atoms with Crippen molar-refractivity contribution in [2.24, 2.45) is 11.8 Å². The highest BCUT2D eigenvalue weighted by Gasteiger charge is 2.69. The molecule has 0 bridgehead atoms. The molecule has 11 heteroatoms. The predicted octanol–water partition coefficient (Wildman–Crippen LogP) is 3.21. The van der Waals surface area contributed by atoms with Gasteiger partial charge in [-0.25, -0.2) is 9.59 Å². The van der Waals surface area contributed by atoms with Crippen LogP contribution in [0, 0.1) is 11.8 Å². The number of aromatic nitrogens is 2. The number of piperidine rings is 2. The Balaban J connectivity index is 1.11. The van der Waals surface area contributed by atoms with E-state index in [1.165, 1.54) is 19.3 Å². The SMILES string of the molecule is COC(=O)c1cc2c([nH]1)C(=O)C=C1N(C(=O)c3cc4c([nH]3)C(=O)C=C3N(C(=O)OC(C)(C)C)C[C@@H]5C[C@@]345)C[C@H]3C[C@]123. The number of esters is 1. The standard InChI is InChI=1S/C30H28N4O7/c1-28(2,3)41-27(39)34-12-14-10-30(14)15-5-17(31-23(15)20(36)8-22(30)34)25(37)33-11-13-9-29(13)16-6-18(26(38)40-4)32-24(16)19(35)7-21(29)33/h5-8,13-14,31-32H,9-12H2,1-4H3/t13-,14+,29-,30+/m1/s1. The fraction of sp³-hybridized carbons (Fsp3) is 0.433. The topological polar surface area (TPSA) is 142 Å². The van der Waals surface area contributed by atoms with Crippen LogP contribution in [-0.4, -0.2) is 75.1 Å². The van der Waals surface area contributed by atoms with Crippen molar-refractivity contribution in [2.75, 3.05) is 20.2 Å². The summed E-state index contributed by atoms with van der Waals surface area (Å²) in [5.74, 6) is -1.21. The van der Waals surface area contributed by atoms with Gasteiger partial charge in [0.05, 0.1) is 18.5 Å². The van der Waals surface area contributed by atoms with Crippen LogP contribution in [0.4, 0.5) is 4.79 Å². The van der Waals surface area contributed by atoms with E-state index in [-0.39, 0.29) is 40.7 Å². The number of H-pyrrole nitrogens is 2. The molecule has 4 fully saturated rings. The molecular formula is C30H28N4O7. The minimum atomic E-state index is -0.667. The fourth-order valence-electron chi connectivity index (χ4n) is 7.75. The van der Waals surface area contributed by atoms with Crippen LogP contribution in [-0.2, 0) is 20.3 Å². The zero-order valence-corrected chi connectivity index (χ0v) is 23.0. The molecule has 2 spiro atoms. The number of ether oxygens (including phenoxy) is 2. The summed E-state index contributed by atoms with van der Waals surface area (Å²) < 4.78 is 10.4. The Labute approximate surface area is 234 Å². The van der Waals surface area contributed by atoms with Crippen molar-refractivity contribution in [1.82, 2.24) is 19.8 Å². The number of methoxy groups -OCH3 is 1. The Bertz CT molecular complexity index is 1730. The molecule has 2 amide bonds. The second-order valence-electron chi connectivity index (χ2n) is 13.0. The lowest BCUT2D eigenvalue weighted by molar-refractivity contribution is 0.0321. The smallest absolute Gasteiger partial charge is 0.414 e. The molecule has 6 aliphatic rings. The highest BCUT2D eigenvalue weighted by Crippen LogP contribution is 2.68. The number of fused-ring (bicyclic) bond motifs is 2. The van der Waals surface area contributed by atoms with Gasteiger partial charge in [0.15, 0.2) is 0 Å². The van der Waals surface area contributed by atoms with Gasteiger partial charge < -0.3 is 24.3 Å². The summed E-state index contributed by atoms with van der Waals surface area (Å²) in [5.41, 5.74) is 2.27. The molecular weight excluding hydrogens is 528 g/mol. The lowest BCUT2D eigenvalue weighted by atomic mass is 9.85. The minimum Gasteiger partial charge on any atom is -0.464 e. The number of hydrogen-bond acceptors (Lipinski definition) is 7. The lowest BCUT2D eigenvalue weighted by Gasteiger charge is -2.30. The molecule has 0 aromatic carbocycles. The Morgan fingerprint density at radius 2 is 1.37 bits per heavy atom. The first-order chi connectivity index (χ1) is 19.4. The first-order valence-corrected chi connectivity index (χ1v) is 13.8. The summed E-state index contributed by atoms with van der Waals surface area (Å²) >= 11 is 0. The maximum absolute atomic E-state index is 14.0. The van der Waals surface area contributed by atoms with E-state index in [9.17, 15) is 24.0 Å². The molecule has 2 aromatic rings. The van der Waals surface area contributed by atoms with Gasteiger partial charge in [0.25, 0.3) is 5.91 Å². The van der Waals surface area contributed by atoms with Crippen molar-refractivity contribution in [3.63, 3.8) is 0 Å². The number of ketones is 2. The number of hydrogen-bond donors (Lipinski definition) is 2. The fourth-order valence-corrected chi connectivity index (χ4v) is 7.75. The Kier molecular flexibility index (Phi) is 4.32. The third kappa shape index (κ3) is 2.95. The summed E-state index contributed by atoms with van der Waals surface area (Å²) in [6.45, 7) is 6.29. The van der Waals surface area contributed by atoms with Gasteiger partial charge in [0.1, 0.15) is 17.0 Å². The lowest BCUT2D eigenvalue weighted by Crippen LogP contribution is -2.37. The average Bonchev–Trinajstić information content (AvgIpc) is 3.45. The van der Waals surface area contributed by atoms with Gasteiger partial charge in [-0.1, -0.05) is 0 Å². The van der Waals surface area contributed by atoms with Crippen LogP contribution in [0.15, 0.2) is 35.7 Å². The van der Waals surface area contributed by atoms with E-state index in [1.54, 1.807) is 42.7 Å². The number of amides is 2. The average molecular weight is 557 g/mol. The number of carbonyl (C=O) groups excluding carboxylic acids is 5. The molecule has 2 aromatic heterocycles. The quantitative estimate of drug-likeness (QED) is 0.541. The predicted molar refractivity (Wildman–Crippen MR) is 141 cm³/mol. The van der Waals surface area contributed by atoms with Crippen molar-refractivity contribution in [2.45, 2.75) is 50.0 Å². The highest BCUT2D eigenvalue weighted by atomic mass is 16.6. The van der Waals surface area contributed by atoms with Crippen LogP contribution in [0.1, 0.15) is 86.7 Å². The van der Waals surface area contributed by atoms with E-state index in [1.807, 2.05) is 0 Å². The molecule has 8 rings (SSSR count). The first kappa shape index (κ1) is 24.4. The third-order valence-corrected chi connectivity index (χ3v) is 9.63. The van der Waals surface area contributed by atoms with Gasteiger partial charge >= 0.3 is 12.1 Å². The van der Waals surface area contributed by atoms with Gasteiger partial charge in [-0.2, -0.15) is 0 Å². The molecule has 2 aliphatic heterocycles. The molecule has 2 N–H and O–H groups in total. The van der Waals surface area contributed by atoms with Crippen LogP contribution in [0.3, 0.4) is 0 Å². The molecule has 2 saturated heterocycles. The van der Waals surface area contributed by atoms with E-state index in [4.69, 9.17) is 9.47 Å². The number of aromatic amines is 2. The van der Waals surface area contributed by atoms with E-state index in [2.05, 4.69) is 9.97 Å². The molecule has 0 unspecified atom stereocenters. The van der Waals surface area contributed by atoms with Crippen molar-refractivity contribution in [3.8, 4) is 0 Å². The number of allylic oxidation sites excluding steroid dienone is 4. The van der Waals surface area contributed by atoms with E-state index in [0.29, 0.717) is 35.9 Å². The summed E-state index contributed by atoms with van der Waals surface area (Å²) in [6, 6.07) is 3.42. The normalized spacial score (nSPS) is 29.9. The largest absolute Gasteiger partial charge is 0.464 e. The van der Waals surface area contributed by atoms with Crippen molar-refractivity contribution in [3.05, 3.63) is 69.6 Å². The van der Waals surface area contributed by atoms with Gasteiger partial charge in [-0.15, -0.1) is 0 Å². The van der Waals surface area contributed by atoms with Crippen LogP contribution in [0.5, 0.6) is 0 Å². The summed E-state index contributed by atoms with van der Waals surface area (Å²) in [4.78, 5) is 74.5. The number of nitrogens with zero attached hydrogens (tertiary/aromatic N) is 2. The second kappa shape index (κ2) is 7.26. The summed E-state index contributed by atoms with van der Waals surface area (Å²) in [6.07, 6.45) is 4.08. The molecule has 11 nitrogen and oxygen atoms in total. The minimum absolute atomic E-state index is 0.119. The van der Waals surface area contributed by atoms with Crippen LogP contribution in [0.25, 0.3) is 0 Å². The molecule has 4 heterocycles. The zero-order chi connectivity index (χ0) is 28.8. The van der Waals surface area contributed by atoms with Crippen LogP contribution in [0.2, 0.25) is 0 Å². The number of rotatable bonds is 2. The van der Waals surface area contributed by atoms with Crippen LogP contribution < -0.4 is 0 Å². The summed E-state index contributed by atoms with van der Waals surface area (Å²) in [7, 11) is 1.28. The van der Waals surface area contributed by atoms with E-state index < -0.39 is 28.5 Å². The number of carbonyl (C=O) groups is 5. The third-order valence-electron chi connectivity index (χ3n) is 9.63. The Hall–Kier alpha value is -4.41. The van der Waals surface area contributed by atoms with Crippen LogP contribution >= 0.6 is 0 Å². The maximum Gasteiger partial charge on any atom is 0.414 e. The molecule has 4 atom stereocenters. The zero-order valence-electron chi connectivity index (χ0n) is 23.0. The molecule has 210 valence electrons. The van der Waals surface area contributed by atoms with Crippen molar-refractivity contribution in [1.29, 1.82) is 0 Å². The van der Waals surface area contributed by atoms with Gasteiger partial charge in [0, 0.05) is 47.5 Å². The van der Waals surface area contributed by atoms with Crippen molar-refractivity contribution >= 4 is 29.5 Å². The first-order valence-electron chi connectivity index (χ1n) is 13.8. The second-order valence-corrected chi connectivity index (χ2v) is 13.0. The van der Waals surface area contributed by atoms with Gasteiger partial charge in [0.2, 0.25) is 11.6 Å². The highest BCUT2D eigenvalue weighted by molar-refractivity contribution is 6.11. The Morgan fingerprint density at radius 3 is 1.93 bits per heavy atom. The van der Waals surface area contributed by atoms with E-state index in [0.717, 1.165) is 24.0 Å².